The van der Waals surface area contributed by atoms with E-state index in [9.17, 15) is 9.59 Å². The van der Waals surface area contributed by atoms with Gasteiger partial charge in [-0.1, -0.05) is 32.5 Å². The molecule has 0 fully saturated rings. The molecule has 2 heterocycles. The Labute approximate surface area is 156 Å². The molecule has 3 rings (SSSR count). The van der Waals surface area contributed by atoms with E-state index in [2.05, 4.69) is 36.1 Å². The molecule has 2 N–H and O–H groups in total. The lowest BCUT2D eigenvalue weighted by molar-refractivity contribution is -0.119. The van der Waals surface area contributed by atoms with Crippen LogP contribution in [0, 0.1) is 5.92 Å². The van der Waals surface area contributed by atoms with E-state index in [0.29, 0.717) is 11.1 Å². The van der Waals surface area contributed by atoms with E-state index >= 15 is 0 Å². The van der Waals surface area contributed by atoms with Crippen LogP contribution in [0.15, 0.2) is 9.95 Å². The molecule has 0 aromatic carbocycles. The van der Waals surface area contributed by atoms with Crippen LogP contribution in [0.1, 0.15) is 50.5 Å². The number of thioether (sulfide) groups is 1. The highest BCUT2D eigenvalue weighted by molar-refractivity contribution is 7.99. The fraction of sp³-hybridized carbons (Fsp3) is 0.611. The monoisotopic (exact) mass is 379 g/mol. The Hall–Kier alpha value is -1.34. The van der Waals surface area contributed by atoms with Gasteiger partial charge >= 0.3 is 0 Å². The first-order valence-corrected chi connectivity index (χ1v) is 10.8. The third kappa shape index (κ3) is 4.08. The molecule has 2 aromatic rings. The fourth-order valence-electron chi connectivity index (χ4n) is 3.29. The molecule has 5 nitrogen and oxygen atoms in total. The van der Waals surface area contributed by atoms with Crippen molar-refractivity contribution in [1.29, 1.82) is 0 Å². The molecule has 0 saturated heterocycles. The molecular weight excluding hydrogens is 354 g/mol. The van der Waals surface area contributed by atoms with Gasteiger partial charge in [0.2, 0.25) is 5.91 Å². The Morgan fingerprint density at radius 3 is 2.92 bits per heavy atom. The number of aryl methyl sites for hydroxylation is 1. The van der Waals surface area contributed by atoms with Crippen molar-refractivity contribution in [2.45, 2.75) is 64.1 Å². The van der Waals surface area contributed by atoms with Gasteiger partial charge in [0.25, 0.3) is 5.56 Å². The quantitative estimate of drug-likeness (QED) is 0.595. The molecule has 1 aliphatic rings. The van der Waals surface area contributed by atoms with Crippen molar-refractivity contribution < 1.29 is 4.79 Å². The summed E-state index contributed by atoms with van der Waals surface area (Å²) in [4.78, 5) is 34.1. The Morgan fingerprint density at radius 2 is 2.20 bits per heavy atom. The number of hydrogen-bond donors (Lipinski definition) is 2. The van der Waals surface area contributed by atoms with E-state index in [1.54, 1.807) is 11.3 Å². The molecule has 0 spiro atoms. The van der Waals surface area contributed by atoms with Crippen molar-refractivity contribution in [1.82, 2.24) is 15.3 Å². The van der Waals surface area contributed by atoms with E-state index in [1.807, 2.05) is 0 Å². The average molecular weight is 380 g/mol. The Bertz CT molecular complexity index is 824. The Kier molecular flexibility index (Phi) is 5.84. The second-order valence-corrected chi connectivity index (χ2v) is 8.82. The SMILES string of the molecule is CCC(CC)NC(=O)CSc1nc2sc3c(c2c(=O)[nH]1)CC[C@@H](C)C3. The van der Waals surface area contributed by atoms with Gasteiger partial charge < -0.3 is 10.3 Å². The highest BCUT2D eigenvalue weighted by Crippen LogP contribution is 2.36. The summed E-state index contributed by atoms with van der Waals surface area (Å²) in [5.41, 5.74) is 1.12. The third-order valence-electron chi connectivity index (χ3n) is 4.83. The molecule has 0 saturated carbocycles. The Balaban J connectivity index is 1.75. The van der Waals surface area contributed by atoms with Crippen LogP contribution in [0.5, 0.6) is 0 Å². The molecule has 0 unspecified atom stereocenters. The molecule has 7 heteroatoms. The fourth-order valence-corrected chi connectivity index (χ4v) is 5.41. The number of thiophene rings is 1. The van der Waals surface area contributed by atoms with Crippen molar-refractivity contribution in [3.63, 3.8) is 0 Å². The van der Waals surface area contributed by atoms with Crippen molar-refractivity contribution >= 4 is 39.2 Å². The molecular formula is C18H25N3O2S2. The number of H-pyrrole nitrogens is 1. The lowest BCUT2D eigenvalue weighted by Crippen LogP contribution is -2.35. The normalized spacial score (nSPS) is 17.0. The minimum Gasteiger partial charge on any atom is -0.353 e. The van der Waals surface area contributed by atoms with Gasteiger partial charge in [0.05, 0.1) is 11.1 Å². The summed E-state index contributed by atoms with van der Waals surface area (Å²) < 4.78 is 0. The van der Waals surface area contributed by atoms with Crippen LogP contribution in [0.3, 0.4) is 0 Å². The Morgan fingerprint density at radius 1 is 1.44 bits per heavy atom. The van der Waals surface area contributed by atoms with Gasteiger partial charge in [0.15, 0.2) is 5.16 Å². The van der Waals surface area contributed by atoms with Gasteiger partial charge in [0, 0.05) is 10.9 Å². The van der Waals surface area contributed by atoms with E-state index < -0.39 is 0 Å². The number of carbonyl (C=O) groups is 1. The van der Waals surface area contributed by atoms with Crippen LogP contribution in [-0.2, 0) is 17.6 Å². The van der Waals surface area contributed by atoms with Crippen LogP contribution in [0.4, 0.5) is 0 Å². The highest BCUT2D eigenvalue weighted by atomic mass is 32.2. The number of fused-ring (bicyclic) bond motifs is 3. The number of rotatable bonds is 6. The average Bonchev–Trinajstić information content (AvgIpc) is 2.95. The minimum absolute atomic E-state index is 0.0132. The molecule has 1 amide bonds. The first-order chi connectivity index (χ1) is 12.0. The summed E-state index contributed by atoms with van der Waals surface area (Å²) in [6.45, 7) is 6.38. The highest BCUT2D eigenvalue weighted by Gasteiger charge is 2.23. The van der Waals surface area contributed by atoms with Crippen LogP contribution < -0.4 is 10.9 Å². The second-order valence-electron chi connectivity index (χ2n) is 6.77. The lowest BCUT2D eigenvalue weighted by atomic mass is 9.89. The number of carbonyl (C=O) groups excluding carboxylic acids is 1. The molecule has 25 heavy (non-hydrogen) atoms. The van der Waals surface area contributed by atoms with E-state index in [-0.39, 0.29) is 23.3 Å². The number of nitrogens with zero attached hydrogens (tertiary/aromatic N) is 1. The van der Waals surface area contributed by atoms with Gasteiger partial charge in [0.1, 0.15) is 4.83 Å². The molecule has 0 bridgehead atoms. The van der Waals surface area contributed by atoms with Crippen molar-refractivity contribution in [2.75, 3.05) is 5.75 Å². The summed E-state index contributed by atoms with van der Waals surface area (Å²) in [5, 5.41) is 4.30. The summed E-state index contributed by atoms with van der Waals surface area (Å²) in [5.74, 6) is 0.926. The van der Waals surface area contributed by atoms with E-state index in [4.69, 9.17) is 0 Å². The lowest BCUT2D eigenvalue weighted by Gasteiger charge is -2.17. The number of amides is 1. The predicted molar refractivity (Wildman–Crippen MR) is 105 cm³/mol. The predicted octanol–water partition coefficient (Wildman–Crippen LogP) is 3.51. The molecule has 136 valence electrons. The van der Waals surface area contributed by atoms with Crippen molar-refractivity contribution in [3.05, 3.63) is 20.8 Å². The van der Waals surface area contributed by atoms with Crippen LogP contribution in [0.25, 0.3) is 10.2 Å². The largest absolute Gasteiger partial charge is 0.353 e. The van der Waals surface area contributed by atoms with E-state index in [0.717, 1.165) is 42.3 Å². The van der Waals surface area contributed by atoms with Crippen molar-refractivity contribution in [2.24, 2.45) is 5.92 Å². The minimum atomic E-state index is -0.0695. The topological polar surface area (TPSA) is 74.8 Å². The zero-order valence-electron chi connectivity index (χ0n) is 15.0. The zero-order chi connectivity index (χ0) is 18.0. The smallest absolute Gasteiger partial charge is 0.260 e. The number of hydrogen-bond acceptors (Lipinski definition) is 5. The van der Waals surface area contributed by atoms with Gasteiger partial charge in [-0.3, -0.25) is 9.59 Å². The maximum absolute atomic E-state index is 12.5. The van der Waals surface area contributed by atoms with Gasteiger partial charge in [-0.2, -0.15) is 0 Å². The number of aromatic nitrogens is 2. The first kappa shape index (κ1) is 18.5. The van der Waals surface area contributed by atoms with Gasteiger partial charge in [-0.05, 0) is 43.6 Å². The summed E-state index contributed by atoms with van der Waals surface area (Å²) in [6.07, 6.45) is 4.98. The summed E-state index contributed by atoms with van der Waals surface area (Å²) >= 11 is 2.93. The second kappa shape index (κ2) is 7.91. The number of aromatic amines is 1. The van der Waals surface area contributed by atoms with E-state index in [1.165, 1.54) is 22.2 Å². The molecule has 2 aromatic heterocycles. The van der Waals surface area contributed by atoms with Crippen LogP contribution in [0.2, 0.25) is 0 Å². The maximum Gasteiger partial charge on any atom is 0.260 e. The summed E-state index contributed by atoms with van der Waals surface area (Å²) in [7, 11) is 0. The molecule has 0 aliphatic heterocycles. The number of nitrogens with one attached hydrogen (secondary N) is 2. The van der Waals surface area contributed by atoms with Crippen LogP contribution in [-0.4, -0.2) is 27.7 Å². The van der Waals surface area contributed by atoms with Gasteiger partial charge in [-0.15, -0.1) is 11.3 Å². The third-order valence-corrected chi connectivity index (χ3v) is 6.86. The maximum atomic E-state index is 12.5. The molecule has 1 atom stereocenters. The molecule has 0 radical (unpaired) electrons. The first-order valence-electron chi connectivity index (χ1n) is 8.98. The summed E-state index contributed by atoms with van der Waals surface area (Å²) in [6, 6.07) is 0.216. The van der Waals surface area contributed by atoms with Gasteiger partial charge in [-0.25, -0.2) is 4.98 Å². The van der Waals surface area contributed by atoms with Crippen LogP contribution >= 0.6 is 23.1 Å². The molecule has 1 aliphatic carbocycles. The van der Waals surface area contributed by atoms with Crippen molar-refractivity contribution in [3.8, 4) is 0 Å². The zero-order valence-corrected chi connectivity index (χ0v) is 16.6. The standard InChI is InChI=1S/C18H25N3O2S2/c1-4-11(5-2)19-14(22)9-24-18-20-16(23)15-12-7-6-10(3)8-13(12)25-17(15)21-18/h10-11H,4-9H2,1-3H3,(H,19,22)(H,20,21,23)/t10-/m1/s1.